The van der Waals surface area contributed by atoms with Crippen LogP contribution >= 0.6 is 11.6 Å². The van der Waals surface area contributed by atoms with Crippen molar-refractivity contribution in [1.82, 2.24) is 4.98 Å². The molecular weight excluding hydrogens is 260 g/mol. The number of hydrogen-bond acceptors (Lipinski definition) is 3. The van der Waals surface area contributed by atoms with Gasteiger partial charge in [-0.1, -0.05) is 37.1 Å². The van der Waals surface area contributed by atoms with Gasteiger partial charge in [-0.2, -0.15) is 4.98 Å². The first-order chi connectivity index (χ1) is 9.19. The highest BCUT2D eigenvalue weighted by atomic mass is 35.5. The Morgan fingerprint density at radius 1 is 1.16 bits per heavy atom. The van der Waals surface area contributed by atoms with Crippen LogP contribution in [0.4, 0.5) is 5.69 Å². The van der Waals surface area contributed by atoms with Crippen LogP contribution in [0.3, 0.4) is 0 Å². The monoisotopic (exact) mass is 276 g/mol. The molecule has 100 valence electrons. The van der Waals surface area contributed by atoms with E-state index < -0.39 is 0 Å². The van der Waals surface area contributed by atoms with Gasteiger partial charge < -0.3 is 10.5 Å². The van der Waals surface area contributed by atoms with E-state index in [1.807, 2.05) is 12.1 Å². The Bertz CT molecular complexity index is 540. The fraction of sp³-hybridized carbons (Fsp3) is 0.267. The second kappa shape index (κ2) is 6.43. The summed E-state index contributed by atoms with van der Waals surface area (Å²) in [6.45, 7) is 2.19. The highest BCUT2D eigenvalue weighted by Gasteiger charge is 2.05. The minimum atomic E-state index is 0.341. The zero-order chi connectivity index (χ0) is 13.7. The summed E-state index contributed by atoms with van der Waals surface area (Å²) >= 11 is 5.82. The molecule has 0 saturated carbocycles. The Balaban J connectivity index is 2.08. The molecule has 0 unspecified atom stereocenters. The highest BCUT2D eigenvalue weighted by molar-refractivity contribution is 6.29. The van der Waals surface area contributed by atoms with E-state index in [1.165, 1.54) is 18.4 Å². The molecule has 1 aromatic carbocycles. The number of anilines is 1. The molecule has 2 aromatic rings. The molecule has 0 aliphatic carbocycles. The van der Waals surface area contributed by atoms with E-state index in [0.29, 0.717) is 22.5 Å². The first kappa shape index (κ1) is 13.7. The fourth-order valence-corrected chi connectivity index (χ4v) is 1.87. The minimum Gasteiger partial charge on any atom is -0.437 e. The van der Waals surface area contributed by atoms with Gasteiger partial charge in [0.05, 0.1) is 5.69 Å². The average molecular weight is 277 g/mol. The van der Waals surface area contributed by atoms with Gasteiger partial charge in [-0.15, -0.1) is 0 Å². The van der Waals surface area contributed by atoms with Gasteiger partial charge in [0.1, 0.15) is 10.9 Å². The maximum atomic E-state index is 5.82. The number of nitrogen functional groups attached to an aromatic ring is 1. The van der Waals surface area contributed by atoms with E-state index in [2.05, 4.69) is 24.0 Å². The first-order valence-corrected chi connectivity index (χ1v) is 6.75. The van der Waals surface area contributed by atoms with Crippen molar-refractivity contribution in [3.05, 3.63) is 47.1 Å². The molecule has 0 radical (unpaired) electrons. The summed E-state index contributed by atoms with van der Waals surface area (Å²) in [5.74, 6) is 1.05. The molecule has 0 fully saturated rings. The molecule has 0 saturated heterocycles. The molecule has 0 aliphatic heterocycles. The molecule has 1 heterocycles. The smallest absolute Gasteiger partial charge is 0.244 e. The van der Waals surface area contributed by atoms with Gasteiger partial charge in [0.2, 0.25) is 5.88 Å². The lowest BCUT2D eigenvalue weighted by Crippen LogP contribution is -1.95. The number of halogens is 1. The third kappa shape index (κ3) is 3.86. The number of unbranched alkanes of at least 4 members (excludes halogenated alkanes) is 1. The predicted octanol–water partition coefficient (Wildman–Crippen LogP) is 4.45. The predicted molar refractivity (Wildman–Crippen MR) is 78.8 cm³/mol. The van der Waals surface area contributed by atoms with Crippen molar-refractivity contribution in [3.63, 3.8) is 0 Å². The quantitative estimate of drug-likeness (QED) is 0.821. The normalized spacial score (nSPS) is 10.4. The third-order valence-corrected chi connectivity index (χ3v) is 3.02. The Morgan fingerprint density at radius 3 is 2.58 bits per heavy atom. The third-order valence-electron chi connectivity index (χ3n) is 2.81. The first-order valence-electron chi connectivity index (χ1n) is 6.38. The number of pyridine rings is 1. The topological polar surface area (TPSA) is 48.1 Å². The van der Waals surface area contributed by atoms with Gasteiger partial charge in [-0.3, -0.25) is 0 Å². The number of benzene rings is 1. The summed E-state index contributed by atoms with van der Waals surface area (Å²) < 4.78 is 5.63. The molecule has 19 heavy (non-hydrogen) atoms. The van der Waals surface area contributed by atoms with E-state index in [0.717, 1.165) is 6.42 Å². The summed E-state index contributed by atoms with van der Waals surface area (Å²) in [4.78, 5) is 4.06. The van der Waals surface area contributed by atoms with E-state index in [-0.39, 0.29) is 0 Å². The van der Waals surface area contributed by atoms with Crippen molar-refractivity contribution in [2.45, 2.75) is 26.2 Å². The van der Waals surface area contributed by atoms with Gasteiger partial charge in [0, 0.05) is 0 Å². The van der Waals surface area contributed by atoms with Crippen molar-refractivity contribution >= 4 is 17.3 Å². The number of aryl methyl sites for hydroxylation is 1. The largest absolute Gasteiger partial charge is 0.437 e. The van der Waals surface area contributed by atoms with Gasteiger partial charge in [-0.05, 0) is 42.7 Å². The molecule has 3 nitrogen and oxygen atoms in total. The van der Waals surface area contributed by atoms with Crippen molar-refractivity contribution < 1.29 is 4.74 Å². The van der Waals surface area contributed by atoms with Crippen LogP contribution in [0.1, 0.15) is 25.3 Å². The Kier molecular flexibility index (Phi) is 4.63. The van der Waals surface area contributed by atoms with Crippen molar-refractivity contribution in [2.24, 2.45) is 0 Å². The van der Waals surface area contributed by atoms with E-state index in [4.69, 9.17) is 22.1 Å². The second-order valence-corrected chi connectivity index (χ2v) is 4.77. The average Bonchev–Trinajstić information content (AvgIpc) is 2.42. The lowest BCUT2D eigenvalue weighted by molar-refractivity contribution is 0.465. The van der Waals surface area contributed by atoms with E-state index >= 15 is 0 Å². The van der Waals surface area contributed by atoms with Crippen molar-refractivity contribution in [3.8, 4) is 11.6 Å². The zero-order valence-electron chi connectivity index (χ0n) is 10.9. The van der Waals surface area contributed by atoms with E-state index in [1.54, 1.807) is 12.1 Å². The minimum absolute atomic E-state index is 0.341. The van der Waals surface area contributed by atoms with Crippen LogP contribution < -0.4 is 10.5 Å². The van der Waals surface area contributed by atoms with Crippen molar-refractivity contribution in [2.75, 3.05) is 5.73 Å². The van der Waals surface area contributed by atoms with Gasteiger partial charge >= 0.3 is 0 Å². The summed E-state index contributed by atoms with van der Waals surface area (Å²) in [5.41, 5.74) is 7.57. The van der Waals surface area contributed by atoms with Crippen LogP contribution in [0.2, 0.25) is 5.15 Å². The lowest BCUT2D eigenvalue weighted by Gasteiger charge is -2.08. The SMILES string of the molecule is CCCCc1ccc(Oc2nc(Cl)ccc2N)cc1. The van der Waals surface area contributed by atoms with Crippen LogP contribution in [0.5, 0.6) is 11.6 Å². The van der Waals surface area contributed by atoms with Crippen LogP contribution in [-0.2, 0) is 6.42 Å². The number of ether oxygens (including phenoxy) is 1. The molecule has 1 aromatic heterocycles. The maximum absolute atomic E-state index is 5.82. The molecule has 0 bridgehead atoms. The van der Waals surface area contributed by atoms with Gasteiger partial charge in [-0.25, -0.2) is 0 Å². The second-order valence-electron chi connectivity index (χ2n) is 4.38. The van der Waals surface area contributed by atoms with Crippen LogP contribution in [0, 0.1) is 0 Å². The van der Waals surface area contributed by atoms with Crippen LogP contribution in [0.25, 0.3) is 0 Å². The van der Waals surface area contributed by atoms with Crippen molar-refractivity contribution in [1.29, 1.82) is 0 Å². The summed E-state index contributed by atoms with van der Waals surface area (Å²) in [7, 11) is 0. The molecular formula is C15H17ClN2O. The molecule has 2 rings (SSSR count). The number of nitrogens with zero attached hydrogens (tertiary/aromatic N) is 1. The number of aromatic nitrogens is 1. The number of rotatable bonds is 5. The maximum Gasteiger partial charge on any atom is 0.244 e. The number of hydrogen-bond donors (Lipinski definition) is 1. The molecule has 0 amide bonds. The Labute approximate surface area is 118 Å². The zero-order valence-corrected chi connectivity index (χ0v) is 11.7. The standard InChI is InChI=1S/C15H17ClN2O/c1-2-3-4-11-5-7-12(8-6-11)19-15-13(17)9-10-14(16)18-15/h5-10H,2-4,17H2,1H3. The van der Waals surface area contributed by atoms with E-state index in [9.17, 15) is 0 Å². The Morgan fingerprint density at radius 2 is 1.89 bits per heavy atom. The molecule has 0 spiro atoms. The lowest BCUT2D eigenvalue weighted by atomic mass is 10.1. The van der Waals surface area contributed by atoms with Crippen LogP contribution in [-0.4, -0.2) is 4.98 Å². The highest BCUT2D eigenvalue weighted by Crippen LogP contribution is 2.27. The Hall–Kier alpha value is -1.74. The molecule has 4 heteroatoms. The van der Waals surface area contributed by atoms with Gasteiger partial charge in [0.15, 0.2) is 0 Å². The summed E-state index contributed by atoms with van der Waals surface area (Å²) in [6, 6.07) is 11.3. The number of nitrogens with two attached hydrogens (primary N) is 1. The van der Waals surface area contributed by atoms with Gasteiger partial charge in [0.25, 0.3) is 0 Å². The van der Waals surface area contributed by atoms with Crippen LogP contribution in [0.15, 0.2) is 36.4 Å². The summed E-state index contributed by atoms with van der Waals surface area (Å²) in [5, 5.41) is 0.365. The molecule has 0 aliphatic rings. The fourth-order valence-electron chi connectivity index (χ4n) is 1.73. The molecule has 0 atom stereocenters. The molecule has 2 N–H and O–H groups in total. The summed E-state index contributed by atoms with van der Waals surface area (Å²) in [6.07, 6.45) is 3.48.